The van der Waals surface area contributed by atoms with Gasteiger partial charge in [0.15, 0.2) is 17.6 Å². The molecule has 12 heteroatoms. The third-order valence-electron chi connectivity index (χ3n) is 3.37. The van der Waals surface area contributed by atoms with E-state index in [0.29, 0.717) is 6.92 Å². The molecule has 138 valence electrons. The number of alkyl halides is 5. The molecule has 0 aliphatic carbocycles. The minimum atomic E-state index is -4.68. The number of rotatable bonds is 4. The van der Waals surface area contributed by atoms with Crippen molar-refractivity contribution in [3.63, 3.8) is 0 Å². The molecular weight excluding hydrogens is 368 g/mol. The van der Waals surface area contributed by atoms with Crippen LogP contribution in [0.25, 0.3) is 16.9 Å². The summed E-state index contributed by atoms with van der Waals surface area (Å²) in [7, 11) is 0. The molecule has 0 fully saturated rings. The molecule has 0 bridgehead atoms. The first-order valence-electron chi connectivity index (χ1n) is 7.05. The van der Waals surface area contributed by atoms with Crippen LogP contribution in [0.2, 0.25) is 0 Å². The second kappa shape index (κ2) is 6.42. The van der Waals surface area contributed by atoms with Gasteiger partial charge in [0.1, 0.15) is 0 Å². The van der Waals surface area contributed by atoms with Gasteiger partial charge in [0.2, 0.25) is 5.82 Å². The SMILES string of the molecule is C[C@H](Oc1ncc(-c2cn3c(C(F)F)nnc3cn2)cc1F)C(F)(F)F. The predicted molar refractivity (Wildman–Crippen MR) is 75.1 cm³/mol. The van der Waals surface area contributed by atoms with Crippen molar-refractivity contribution in [2.75, 3.05) is 0 Å². The van der Waals surface area contributed by atoms with Crippen LogP contribution in [0.4, 0.5) is 26.3 Å². The Bertz CT molecular complexity index is 941. The van der Waals surface area contributed by atoms with Gasteiger partial charge in [0.05, 0.1) is 11.9 Å². The van der Waals surface area contributed by atoms with Crippen LogP contribution in [-0.2, 0) is 0 Å². The largest absolute Gasteiger partial charge is 0.463 e. The van der Waals surface area contributed by atoms with Crippen LogP contribution in [0.3, 0.4) is 0 Å². The smallest absolute Gasteiger partial charge is 0.425 e. The van der Waals surface area contributed by atoms with Gasteiger partial charge >= 0.3 is 6.18 Å². The molecule has 0 saturated heterocycles. The molecule has 0 saturated carbocycles. The third-order valence-corrected chi connectivity index (χ3v) is 3.37. The molecular formula is C14H9F6N5O. The average Bonchev–Trinajstić information content (AvgIpc) is 2.99. The lowest BCUT2D eigenvalue weighted by Gasteiger charge is -2.17. The van der Waals surface area contributed by atoms with Gasteiger partial charge in [-0.15, -0.1) is 10.2 Å². The maximum Gasteiger partial charge on any atom is 0.425 e. The summed E-state index contributed by atoms with van der Waals surface area (Å²) in [6.45, 7) is 0.711. The van der Waals surface area contributed by atoms with Crippen LogP contribution in [0.15, 0.2) is 24.7 Å². The minimum Gasteiger partial charge on any atom is -0.463 e. The van der Waals surface area contributed by atoms with E-state index in [1.54, 1.807) is 0 Å². The molecule has 0 aliphatic rings. The Morgan fingerprint density at radius 1 is 1.12 bits per heavy atom. The van der Waals surface area contributed by atoms with Crippen LogP contribution in [0.1, 0.15) is 19.2 Å². The maximum atomic E-state index is 14.0. The standard InChI is InChI=1S/C14H9F6N5O/c1-6(14(18,19)20)26-13-8(15)2-7(3-22-13)9-5-25-10(4-21-9)23-24-12(25)11(16)17/h2-6,11H,1H3/t6-/m0/s1. The zero-order valence-corrected chi connectivity index (χ0v) is 12.9. The summed E-state index contributed by atoms with van der Waals surface area (Å²) in [5.41, 5.74) is 0.141. The molecule has 1 atom stereocenters. The van der Waals surface area contributed by atoms with Gasteiger partial charge in [-0.2, -0.15) is 13.2 Å². The van der Waals surface area contributed by atoms with E-state index in [1.807, 2.05) is 0 Å². The van der Waals surface area contributed by atoms with Crippen molar-refractivity contribution >= 4 is 5.65 Å². The van der Waals surface area contributed by atoms with E-state index in [-0.39, 0.29) is 16.9 Å². The predicted octanol–water partition coefficient (Wildman–Crippen LogP) is 3.59. The fourth-order valence-electron chi connectivity index (χ4n) is 2.00. The molecule has 26 heavy (non-hydrogen) atoms. The Balaban J connectivity index is 1.94. The van der Waals surface area contributed by atoms with E-state index in [0.717, 1.165) is 29.1 Å². The summed E-state index contributed by atoms with van der Waals surface area (Å²) in [5, 5.41) is 6.84. The van der Waals surface area contributed by atoms with E-state index in [9.17, 15) is 26.3 Å². The maximum absolute atomic E-state index is 14.0. The van der Waals surface area contributed by atoms with Gasteiger partial charge in [0, 0.05) is 18.0 Å². The van der Waals surface area contributed by atoms with E-state index < -0.39 is 36.2 Å². The van der Waals surface area contributed by atoms with Crippen molar-refractivity contribution in [3.05, 3.63) is 36.3 Å². The third kappa shape index (κ3) is 3.39. The van der Waals surface area contributed by atoms with Crippen LogP contribution >= 0.6 is 0 Å². The highest BCUT2D eigenvalue weighted by Gasteiger charge is 2.38. The minimum absolute atomic E-state index is 0.0426. The Morgan fingerprint density at radius 3 is 2.46 bits per heavy atom. The van der Waals surface area contributed by atoms with Crippen LogP contribution < -0.4 is 4.74 Å². The van der Waals surface area contributed by atoms with Crippen molar-refractivity contribution in [1.29, 1.82) is 0 Å². The molecule has 6 nitrogen and oxygen atoms in total. The monoisotopic (exact) mass is 377 g/mol. The van der Waals surface area contributed by atoms with Crippen LogP contribution in [-0.4, -0.2) is 36.8 Å². The Hall–Kier alpha value is -2.92. The van der Waals surface area contributed by atoms with Gasteiger partial charge in [-0.25, -0.2) is 18.2 Å². The highest BCUT2D eigenvalue weighted by atomic mass is 19.4. The summed E-state index contributed by atoms with van der Waals surface area (Å²) < 4.78 is 82.6. The zero-order chi connectivity index (χ0) is 19.1. The number of aromatic nitrogens is 5. The van der Waals surface area contributed by atoms with Gasteiger partial charge in [-0.1, -0.05) is 0 Å². The van der Waals surface area contributed by atoms with Gasteiger partial charge < -0.3 is 4.74 Å². The molecule has 3 aromatic heterocycles. The second-order valence-electron chi connectivity index (χ2n) is 5.17. The lowest BCUT2D eigenvalue weighted by molar-refractivity contribution is -0.190. The average molecular weight is 377 g/mol. The summed E-state index contributed by atoms with van der Waals surface area (Å²) in [4.78, 5) is 7.43. The highest BCUT2D eigenvalue weighted by molar-refractivity contribution is 5.59. The Kier molecular flexibility index (Phi) is 4.42. The van der Waals surface area contributed by atoms with Gasteiger partial charge in [-0.05, 0) is 13.0 Å². The molecule has 0 N–H and O–H groups in total. The number of hydrogen-bond acceptors (Lipinski definition) is 5. The van der Waals surface area contributed by atoms with Crippen molar-refractivity contribution in [3.8, 4) is 17.1 Å². The van der Waals surface area contributed by atoms with Crippen molar-refractivity contribution in [2.24, 2.45) is 0 Å². The lowest BCUT2D eigenvalue weighted by Crippen LogP contribution is -2.31. The van der Waals surface area contributed by atoms with E-state index in [1.165, 1.54) is 0 Å². The Labute approximate surface area is 141 Å². The Morgan fingerprint density at radius 2 is 1.85 bits per heavy atom. The topological polar surface area (TPSA) is 65.2 Å². The number of ether oxygens (including phenoxy) is 1. The molecule has 3 heterocycles. The molecule has 0 amide bonds. The first kappa shape index (κ1) is 17.9. The molecule has 0 radical (unpaired) electrons. The van der Waals surface area contributed by atoms with Gasteiger partial charge in [0.25, 0.3) is 12.3 Å². The molecule has 0 unspecified atom stereocenters. The summed E-state index contributed by atoms with van der Waals surface area (Å²) in [6, 6.07) is 0.839. The van der Waals surface area contributed by atoms with E-state index in [4.69, 9.17) is 0 Å². The molecule has 0 spiro atoms. The summed E-state index contributed by atoms with van der Waals surface area (Å²) >= 11 is 0. The normalized spacial score (nSPS) is 13.4. The second-order valence-corrected chi connectivity index (χ2v) is 5.17. The number of fused-ring (bicyclic) bond motifs is 1. The molecule has 3 rings (SSSR count). The summed E-state index contributed by atoms with van der Waals surface area (Å²) in [5.74, 6) is -2.62. The molecule has 0 aliphatic heterocycles. The van der Waals surface area contributed by atoms with E-state index >= 15 is 0 Å². The van der Waals surface area contributed by atoms with Crippen LogP contribution in [0, 0.1) is 5.82 Å². The number of hydrogen-bond donors (Lipinski definition) is 0. The summed E-state index contributed by atoms with van der Waals surface area (Å²) in [6.07, 6.45) is -6.53. The first-order valence-corrected chi connectivity index (χ1v) is 7.05. The fourth-order valence-corrected chi connectivity index (χ4v) is 2.00. The number of pyridine rings is 1. The highest BCUT2D eigenvalue weighted by Crippen LogP contribution is 2.27. The van der Waals surface area contributed by atoms with Gasteiger partial charge in [-0.3, -0.25) is 9.38 Å². The van der Waals surface area contributed by atoms with Crippen molar-refractivity contribution in [2.45, 2.75) is 25.6 Å². The van der Waals surface area contributed by atoms with Crippen molar-refractivity contribution < 1.29 is 31.1 Å². The lowest BCUT2D eigenvalue weighted by atomic mass is 10.2. The van der Waals surface area contributed by atoms with Crippen LogP contribution in [0.5, 0.6) is 5.88 Å². The fraction of sp³-hybridized carbons (Fsp3) is 0.286. The molecule has 0 aromatic carbocycles. The van der Waals surface area contributed by atoms with Crippen molar-refractivity contribution in [1.82, 2.24) is 24.6 Å². The number of halogens is 6. The zero-order valence-electron chi connectivity index (χ0n) is 12.9. The first-order chi connectivity index (χ1) is 12.2. The molecule has 3 aromatic rings. The quantitative estimate of drug-likeness (QED) is 0.650. The van der Waals surface area contributed by atoms with E-state index in [2.05, 4.69) is 24.9 Å². The number of nitrogens with zero attached hydrogens (tertiary/aromatic N) is 5.